The van der Waals surface area contributed by atoms with Crippen LogP contribution in [0, 0.1) is 0 Å². The number of rotatable bonds is 6. The number of aliphatic hydroxyl groups excluding tert-OH is 1. The van der Waals surface area contributed by atoms with Crippen molar-refractivity contribution in [2.24, 2.45) is 0 Å². The zero-order chi connectivity index (χ0) is 23.5. The SMILES string of the molecule is O=S(=O)(c1cccs1)N1CCCCN2[C@H](C1)[C@H](c1ccc(C=Cc3ccccc3)cc1)[C@@H]2CO. The lowest BCUT2D eigenvalue weighted by atomic mass is 9.74. The molecule has 2 saturated heterocycles. The van der Waals surface area contributed by atoms with Crippen LogP contribution in [0.5, 0.6) is 0 Å². The van der Waals surface area contributed by atoms with Gasteiger partial charge in [-0.1, -0.05) is 72.8 Å². The van der Waals surface area contributed by atoms with E-state index < -0.39 is 10.0 Å². The van der Waals surface area contributed by atoms with Crippen LogP contribution in [-0.2, 0) is 10.0 Å². The van der Waals surface area contributed by atoms with E-state index in [2.05, 4.69) is 53.5 Å². The molecule has 0 radical (unpaired) electrons. The molecule has 0 saturated carbocycles. The van der Waals surface area contributed by atoms with Gasteiger partial charge in [0.05, 0.1) is 6.61 Å². The van der Waals surface area contributed by atoms with Gasteiger partial charge in [0.25, 0.3) is 10.0 Å². The fourth-order valence-electron chi connectivity index (χ4n) is 5.25. The van der Waals surface area contributed by atoms with Crippen LogP contribution in [0.2, 0.25) is 0 Å². The quantitative estimate of drug-likeness (QED) is 0.512. The van der Waals surface area contributed by atoms with Crippen LogP contribution < -0.4 is 0 Å². The van der Waals surface area contributed by atoms with Crippen molar-refractivity contribution in [3.05, 3.63) is 88.8 Å². The first-order valence-electron chi connectivity index (χ1n) is 11.8. The lowest BCUT2D eigenvalue weighted by Gasteiger charge is -2.57. The largest absolute Gasteiger partial charge is 0.395 e. The summed E-state index contributed by atoms with van der Waals surface area (Å²) in [6, 6.07) is 22.2. The summed E-state index contributed by atoms with van der Waals surface area (Å²) in [4.78, 5) is 2.31. The maximum Gasteiger partial charge on any atom is 0.252 e. The van der Waals surface area contributed by atoms with E-state index in [0.29, 0.717) is 17.3 Å². The van der Waals surface area contributed by atoms with Crippen molar-refractivity contribution < 1.29 is 13.5 Å². The Morgan fingerprint density at radius 3 is 2.29 bits per heavy atom. The number of nitrogens with zero attached hydrogens (tertiary/aromatic N) is 2. The van der Waals surface area contributed by atoms with E-state index in [0.717, 1.165) is 36.1 Å². The molecule has 5 rings (SSSR count). The van der Waals surface area contributed by atoms with Crippen LogP contribution in [0.15, 0.2) is 76.3 Å². The third-order valence-electron chi connectivity index (χ3n) is 7.01. The summed E-state index contributed by atoms with van der Waals surface area (Å²) in [5.41, 5.74) is 3.43. The van der Waals surface area contributed by atoms with Gasteiger partial charge in [-0.3, -0.25) is 4.90 Å². The molecule has 2 aliphatic heterocycles. The Hall–Kier alpha value is -2.29. The Kier molecular flexibility index (Phi) is 6.99. The Balaban J connectivity index is 1.37. The number of thiophene rings is 1. The number of fused-ring (bicyclic) bond motifs is 1. The van der Waals surface area contributed by atoms with E-state index in [1.165, 1.54) is 11.3 Å². The summed E-state index contributed by atoms with van der Waals surface area (Å²) >= 11 is 1.27. The topological polar surface area (TPSA) is 60.9 Å². The molecule has 178 valence electrons. The first-order valence-corrected chi connectivity index (χ1v) is 14.1. The number of hydrogen-bond acceptors (Lipinski definition) is 5. The lowest BCUT2D eigenvalue weighted by Crippen LogP contribution is -2.67. The van der Waals surface area contributed by atoms with E-state index in [1.54, 1.807) is 16.4 Å². The summed E-state index contributed by atoms with van der Waals surface area (Å²) in [6.45, 7) is 1.98. The molecule has 0 aliphatic carbocycles. The van der Waals surface area contributed by atoms with Gasteiger partial charge in [0.2, 0.25) is 0 Å². The van der Waals surface area contributed by atoms with Gasteiger partial charge < -0.3 is 5.11 Å². The Morgan fingerprint density at radius 1 is 0.912 bits per heavy atom. The molecule has 1 aromatic heterocycles. The van der Waals surface area contributed by atoms with Crippen molar-refractivity contribution in [1.82, 2.24) is 9.21 Å². The average molecular weight is 495 g/mol. The van der Waals surface area contributed by atoms with Gasteiger partial charge in [-0.15, -0.1) is 11.3 Å². The summed E-state index contributed by atoms with van der Waals surface area (Å²) in [6.07, 6.45) is 5.96. The van der Waals surface area contributed by atoms with Gasteiger partial charge >= 0.3 is 0 Å². The molecule has 0 unspecified atom stereocenters. The summed E-state index contributed by atoms with van der Waals surface area (Å²) in [7, 11) is -3.50. The van der Waals surface area contributed by atoms with Crippen molar-refractivity contribution in [3.8, 4) is 0 Å². The van der Waals surface area contributed by atoms with Gasteiger partial charge in [-0.05, 0) is 47.5 Å². The third-order valence-corrected chi connectivity index (χ3v) is 10.2. The molecular formula is C27H30N2O3S2. The highest BCUT2D eigenvalue weighted by Gasteiger charge is 2.50. The van der Waals surface area contributed by atoms with Gasteiger partial charge in [0.1, 0.15) is 4.21 Å². The zero-order valence-corrected chi connectivity index (χ0v) is 20.7. The molecule has 0 spiro atoms. The molecule has 2 fully saturated rings. The van der Waals surface area contributed by atoms with Crippen LogP contribution in [0.3, 0.4) is 0 Å². The average Bonchev–Trinajstić information content (AvgIpc) is 3.39. The van der Waals surface area contributed by atoms with Crippen molar-refractivity contribution in [2.45, 2.75) is 35.1 Å². The minimum Gasteiger partial charge on any atom is -0.395 e. The van der Waals surface area contributed by atoms with Crippen LogP contribution in [0.1, 0.15) is 35.4 Å². The van der Waals surface area contributed by atoms with E-state index in [1.807, 2.05) is 23.6 Å². The summed E-state index contributed by atoms with van der Waals surface area (Å²) < 4.78 is 28.6. The molecule has 3 atom stereocenters. The second kappa shape index (κ2) is 10.1. The van der Waals surface area contributed by atoms with Crippen LogP contribution in [0.4, 0.5) is 0 Å². The zero-order valence-electron chi connectivity index (χ0n) is 19.0. The molecule has 2 aromatic carbocycles. The minimum absolute atomic E-state index is 0.0279. The standard InChI is InChI=1S/C27H30N2O3S2/c30-20-25-27(23-14-12-22(13-15-23)11-10-21-7-2-1-3-8-21)24-19-28(16-4-5-17-29(24)25)34(31,32)26-9-6-18-33-26/h1-3,6-15,18,24-25,27,30H,4-5,16-17,19-20H2/t24-,25+,27+/m1/s1. The minimum atomic E-state index is -3.50. The number of aliphatic hydroxyl groups is 1. The normalized spacial score (nSPS) is 24.3. The second-order valence-corrected chi connectivity index (χ2v) is 12.1. The van der Waals surface area contributed by atoms with Crippen LogP contribution in [-0.4, -0.2) is 61.1 Å². The van der Waals surface area contributed by atoms with Gasteiger partial charge in [0.15, 0.2) is 0 Å². The predicted octanol–water partition coefficient (Wildman–Crippen LogP) is 4.53. The molecule has 5 nitrogen and oxygen atoms in total. The Bertz CT molecular complexity index is 1210. The van der Waals surface area contributed by atoms with Crippen molar-refractivity contribution in [1.29, 1.82) is 0 Å². The fraction of sp³-hybridized carbons (Fsp3) is 0.333. The van der Waals surface area contributed by atoms with Crippen LogP contribution in [0.25, 0.3) is 12.2 Å². The first-order chi connectivity index (χ1) is 16.6. The highest BCUT2D eigenvalue weighted by atomic mass is 32.2. The number of benzene rings is 2. The monoisotopic (exact) mass is 494 g/mol. The molecule has 1 N–H and O–H groups in total. The van der Waals surface area contributed by atoms with Crippen molar-refractivity contribution in [2.75, 3.05) is 26.2 Å². The van der Waals surface area contributed by atoms with E-state index in [-0.39, 0.29) is 24.6 Å². The first kappa shape index (κ1) is 23.5. The second-order valence-electron chi connectivity index (χ2n) is 8.99. The van der Waals surface area contributed by atoms with Crippen molar-refractivity contribution >= 4 is 33.5 Å². The molecular weight excluding hydrogens is 464 g/mol. The van der Waals surface area contributed by atoms with Crippen LogP contribution >= 0.6 is 11.3 Å². The fourth-order valence-corrected chi connectivity index (χ4v) is 7.89. The summed E-state index contributed by atoms with van der Waals surface area (Å²) in [5.74, 6) is 0.108. The molecule has 7 heteroatoms. The smallest absolute Gasteiger partial charge is 0.252 e. The lowest BCUT2D eigenvalue weighted by molar-refractivity contribution is -0.0553. The van der Waals surface area contributed by atoms with Crippen molar-refractivity contribution in [3.63, 3.8) is 0 Å². The van der Waals surface area contributed by atoms with E-state index >= 15 is 0 Å². The van der Waals surface area contributed by atoms with E-state index in [4.69, 9.17) is 0 Å². The number of hydrogen-bond donors (Lipinski definition) is 1. The molecule has 0 bridgehead atoms. The Labute approximate surface area is 206 Å². The highest BCUT2D eigenvalue weighted by molar-refractivity contribution is 7.91. The maximum absolute atomic E-state index is 13.3. The molecule has 3 heterocycles. The molecule has 3 aromatic rings. The molecule has 2 aliphatic rings. The predicted molar refractivity (Wildman–Crippen MR) is 138 cm³/mol. The molecule has 0 amide bonds. The maximum atomic E-state index is 13.3. The van der Waals surface area contributed by atoms with Gasteiger partial charge in [0, 0.05) is 31.1 Å². The molecule has 34 heavy (non-hydrogen) atoms. The number of sulfonamides is 1. The van der Waals surface area contributed by atoms with Gasteiger partial charge in [-0.25, -0.2) is 8.42 Å². The highest BCUT2D eigenvalue weighted by Crippen LogP contribution is 2.42. The van der Waals surface area contributed by atoms with E-state index in [9.17, 15) is 13.5 Å². The van der Waals surface area contributed by atoms with Gasteiger partial charge in [-0.2, -0.15) is 4.31 Å². The Morgan fingerprint density at radius 2 is 1.62 bits per heavy atom. The third kappa shape index (κ3) is 4.63. The summed E-state index contributed by atoms with van der Waals surface area (Å²) in [5, 5.41) is 12.0.